The third kappa shape index (κ3) is 7.36. The van der Waals surface area contributed by atoms with Gasteiger partial charge in [0.25, 0.3) is 5.91 Å². The van der Waals surface area contributed by atoms with Gasteiger partial charge in [0.05, 0.1) is 11.3 Å². The molecule has 2 aromatic carbocycles. The number of anilines is 2. The van der Waals surface area contributed by atoms with Crippen molar-refractivity contribution in [1.29, 1.82) is 0 Å². The highest BCUT2D eigenvalue weighted by atomic mass is 19.1. The zero-order chi connectivity index (χ0) is 26.3. The number of amides is 1. The summed E-state index contributed by atoms with van der Waals surface area (Å²) in [5, 5.41) is 15.3. The number of aliphatic hydroxyl groups excluding tert-OH is 1. The van der Waals surface area contributed by atoms with Crippen LogP contribution in [-0.4, -0.2) is 35.4 Å². The van der Waals surface area contributed by atoms with Crippen molar-refractivity contribution >= 4 is 23.7 Å². The Balaban J connectivity index is 0.000000784. The van der Waals surface area contributed by atoms with Gasteiger partial charge in [-0.05, 0) is 61.0 Å². The lowest BCUT2D eigenvalue weighted by Gasteiger charge is -2.15. The molecular formula is C25H27F3N4O3. The lowest BCUT2D eigenvalue weighted by Crippen LogP contribution is -2.21. The van der Waals surface area contributed by atoms with Crippen LogP contribution in [0.4, 0.5) is 24.7 Å². The number of nitrogens with one attached hydrogen (secondary N) is 2. The molecule has 3 aromatic rings. The number of nitrogen functional groups attached to an aromatic ring is 1. The van der Waals surface area contributed by atoms with Crippen molar-refractivity contribution in [2.24, 2.45) is 0 Å². The van der Waals surface area contributed by atoms with E-state index in [0.717, 1.165) is 18.2 Å². The van der Waals surface area contributed by atoms with Crippen molar-refractivity contribution in [3.63, 3.8) is 0 Å². The van der Waals surface area contributed by atoms with E-state index in [0.29, 0.717) is 35.1 Å². The number of nitrogens with two attached hydrogens (primary N) is 1. The Bertz CT molecular complexity index is 1200. The summed E-state index contributed by atoms with van der Waals surface area (Å²) in [7, 11) is 1.95. The number of nitrogens with zero attached hydrogens (tertiary/aromatic N) is 1. The Morgan fingerprint density at radius 3 is 2.23 bits per heavy atom. The molecule has 0 aliphatic heterocycles. The molecule has 0 radical (unpaired) electrons. The first-order chi connectivity index (χ1) is 16.5. The highest BCUT2D eigenvalue weighted by Gasteiger charge is 2.21. The van der Waals surface area contributed by atoms with Gasteiger partial charge in [-0.2, -0.15) is 0 Å². The van der Waals surface area contributed by atoms with Gasteiger partial charge in [0.2, 0.25) is 0 Å². The first kappa shape index (κ1) is 27.5. The zero-order valence-electron chi connectivity index (χ0n) is 19.7. The van der Waals surface area contributed by atoms with Crippen LogP contribution in [0.1, 0.15) is 41.4 Å². The number of carbonyl (C=O) groups excluding carboxylic acids is 2. The summed E-state index contributed by atoms with van der Waals surface area (Å²) in [5.74, 6) is -3.78. The van der Waals surface area contributed by atoms with E-state index >= 15 is 0 Å². The summed E-state index contributed by atoms with van der Waals surface area (Å²) in [4.78, 5) is 27.2. The number of carbonyl (C=O) groups is 2. The minimum absolute atomic E-state index is 0.0403. The molecule has 1 amide bonds. The number of rotatable bonds is 6. The maximum atomic E-state index is 14.6. The fraction of sp³-hybridized carbons (Fsp3) is 0.240. The highest BCUT2D eigenvalue weighted by molar-refractivity contribution is 5.95. The highest BCUT2D eigenvalue weighted by Crippen LogP contribution is 2.30. The second-order valence-electron chi connectivity index (χ2n) is 8.00. The van der Waals surface area contributed by atoms with Crippen LogP contribution in [0.5, 0.6) is 0 Å². The second kappa shape index (κ2) is 12.1. The predicted molar refractivity (Wildman–Crippen MR) is 128 cm³/mol. The molecule has 1 atom stereocenters. The van der Waals surface area contributed by atoms with Crippen LogP contribution in [0.2, 0.25) is 0 Å². The van der Waals surface area contributed by atoms with Crippen LogP contribution in [0.3, 0.4) is 0 Å². The van der Waals surface area contributed by atoms with Crippen molar-refractivity contribution in [3.05, 3.63) is 76.7 Å². The van der Waals surface area contributed by atoms with E-state index in [-0.39, 0.29) is 22.6 Å². The molecule has 0 aliphatic rings. The summed E-state index contributed by atoms with van der Waals surface area (Å²) in [6.07, 6.45) is -0.000998. The quantitative estimate of drug-likeness (QED) is 0.387. The fourth-order valence-electron chi connectivity index (χ4n) is 2.91. The molecule has 1 unspecified atom stereocenters. The monoisotopic (exact) mass is 488 g/mol. The van der Waals surface area contributed by atoms with Crippen molar-refractivity contribution in [1.82, 2.24) is 10.3 Å². The molecule has 5 N–H and O–H groups in total. The third-order valence-corrected chi connectivity index (χ3v) is 4.99. The van der Waals surface area contributed by atoms with Crippen LogP contribution < -0.4 is 16.4 Å². The molecule has 7 nitrogen and oxygen atoms in total. The number of aryl methyl sites for hydroxylation is 1. The van der Waals surface area contributed by atoms with E-state index in [2.05, 4.69) is 29.5 Å². The standard InChI is InChI=1S/C21H16F3N3O3.C4H11N/c1-10-2-18(27-21(30)19(29)11-4-14(22)6-15(23)5-11)17(24)7-16(10)12-3-13(9-28)20(25)26-8-12;1-4(2)5-3/h2-9,19,29H,1H3,(H2,25,26)(H,27,30);4-5H,1-3H3. The molecule has 35 heavy (non-hydrogen) atoms. The smallest absolute Gasteiger partial charge is 0.257 e. The van der Waals surface area contributed by atoms with E-state index in [1.54, 1.807) is 6.92 Å². The number of aromatic nitrogens is 1. The minimum atomic E-state index is -1.91. The first-order valence-corrected chi connectivity index (χ1v) is 10.6. The molecule has 1 heterocycles. The second-order valence-corrected chi connectivity index (χ2v) is 8.00. The van der Waals surface area contributed by atoms with Gasteiger partial charge in [0, 0.05) is 23.9 Å². The molecule has 10 heteroatoms. The molecule has 0 fully saturated rings. The Labute approximate surface area is 201 Å². The number of hydrogen-bond donors (Lipinski definition) is 4. The third-order valence-electron chi connectivity index (χ3n) is 4.99. The lowest BCUT2D eigenvalue weighted by molar-refractivity contribution is -0.124. The van der Waals surface area contributed by atoms with E-state index in [4.69, 9.17) is 5.73 Å². The summed E-state index contributed by atoms with van der Waals surface area (Å²) >= 11 is 0. The van der Waals surface area contributed by atoms with Crippen LogP contribution in [0.25, 0.3) is 11.1 Å². The van der Waals surface area contributed by atoms with Crippen molar-refractivity contribution < 1.29 is 27.9 Å². The van der Waals surface area contributed by atoms with Gasteiger partial charge in [-0.1, -0.05) is 13.8 Å². The molecule has 0 aliphatic carbocycles. The minimum Gasteiger partial charge on any atom is -0.383 e. The Kier molecular flexibility index (Phi) is 9.50. The SMILES string of the molecule is CNC(C)C.Cc1cc(NC(=O)C(O)c2cc(F)cc(F)c2)c(F)cc1-c1cnc(N)c(C=O)c1. The van der Waals surface area contributed by atoms with E-state index in [1.807, 2.05) is 7.05 Å². The van der Waals surface area contributed by atoms with E-state index < -0.39 is 29.5 Å². The van der Waals surface area contributed by atoms with Gasteiger partial charge >= 0.3 is 0 Å². The van der Waals surface area contributed by atoms with E-state index in [1.165, 1.54) is 18.3 Å². The van der Waals surface area contributed by atoms with Gasteiger partial charge in [-0.25, -0.2) is 18.2 Å². The number of aldehydes is 1. The topological polar surface area (TPSA) is 117 Å². The van der Waals surface area contributed by atoms with Crippen LogP contribution in [-0.2, 0) is 4.79 Å². The number of aliphatic hydroxyl groups is 1. The van der Waals surface area contributed by atoms with Crippen LogP contribution in [0.15, 0.2) is 42.6 Å². The van der Waals surface area contributed by atoms with Crippen LogP contribution >= 0.6 is 0 Å². The summed E-state index contributed by atoms with van der Waals surface area (Å²) < 4.78 is 41.2. The molecule has 0 saturated heterocycles. The molecule has 3 rings (SSSR count). The first-order valence-electron chi connectivity index (χ1n) is 10.6. The Morgan fingerprint density at radius 1 is 1.09 bits per heavy atom. The summed E-state index contributed by atoms with van der Waals surface area (Å²) in [5.41, 5.74) is 6.56. The summed E-state index contributed by atoms with van der Waals surface area (Å²) in [6.45, 7) is 5.86. The van der Waals surface area contributed by atoms with Gasteiger partial charge in [-0.15, -0.1) is 0 Å². The number of halogens is 3. The maximum Gasteiger partial charge on any atom is 0.257 e. The normalized spacial score (nSPS) is 11.5. The van der Waals surface area contributed by atoms with Gasteiger partial charge < -0.3 is 21.5 Å². The fourth-order valence-corrected chi connectivity index (χ4v) is 2.91. The number of pyridine rings is 1. The van der Waals surface area contributed by atoms with Gasteiger partial charge in [0.1, 0.15) is 23.3 Å². The maximum absolute atomic E-state index is 14.6. The molecule has 186 valence electrons. The van der Waals surface area contributed by atoms with Crippen molar-refractivity contribution in [2.45, 2.75) is 32.9 Å². The van der Waals surface area contributed by atoms with Crippen LogP contribution in [0, 0.1) is 24.4 Å². The summed E-state index contributed by atoms with van der Waals surface area (Å²) in [6, 6.07) is 6.73. The molecule has 0 saturated carbocycles. The predicted octanol–water partition coefficient (Wildman–Crippen LogP) is 4.16. The van der Waals surface area contributed by atoms with Gasteiger partial charge in [-0.3, -0.25) is 9.59 Å². The molecule has 1 aromatic heterocycles. The lowest BCUT2D eigenvalue weighted by atomic mass is 9.99. The average molecular weight is 489 g/mol. The van der Waals surface area contributed by atoms with Crippen molar-refractivity contribution in [2.75, 3.05) is 18.1 Å². The Hall–Kier alpha value is -3.76. The van der Waals surface area contributed by atoms with E-state index in [9.17, 15) is 27.9 Å². The number of hydrogen-bond acceptors (Lipinski definition) is 6. The molecule has 0 spiro atoms. The van der Waals surface area contributed by atoms with Crippen molar-refractivity contribution in [3.8, 4) is 11.1 Å². The number of benzene rings is 2. The Morgan fingerprint density at radius 2 is 1.69 bits per heavy atom. The largest absolute Gasteiger partial charge is 0.383 e. The molecule has 0 bridgehead atoms. The average Bonchev–Trinajstić information content (AvgIpc) is 2.80. The van der Waals surface area contributed by atoms with Gasteiger partial charge in [0.15, 0.2) is 12.4 Å². The molecular weight excluding hydrogens is 461 g/mol. The zero-order valence-corrected chi connectivity index (χ0v) is 19.7.